The van der Waals surface area contributed by atoms with E-state index in [2.05, 4.69) is 15.4 Å². The number of nitrogens with two attached hydrogens (primary N) is 1. The Hall–Kier alpha value is -1.66. The van der Waals surface area contributed by atoms with Gasteiger partial charge in [0.1, 0.15) is 5.82 Å². The van der Waals surface area contributed by atoms with Crippen LogP contribution < -0.4 is 11.1 Å². The van der Waals surface area contributed by atoms with Crippen LogP contribution in [-0.4, -0.2) is 43.1 Å². The Bertz CT molecular complexity index is 435. The van der Waals surface area contributed by atoms with Crippen LogP contribution in [0.1, 0.15) is 17.5 Å². The highest BCUT2D eigenvalue weighted by atomic mass is 19.1. The zero-order chi connectivity index (χ0) is 14.3. The van der Waals surface area contributed by atoms with E-state index in [9.17, 15) is 4.39 Å². The van der Waals surface area contributed by atoms with E-state index in [-0.39, 0.29) is 5.84 Å². The largest absolute Gasteiger partial charge is 0.409 e. The molecule has 0 bridgehead atoms. The van der Waals surface area contributed by atoms with Gasteiger partial charge in [-0.15, -0.1) is 0 Å². The Morgan fingerprint density at radius 3 is 2.79 bits per heavy atom. The molecule has 0 atom stereocenters. The van der Waals surface area contributed by atoms with Crippen molar-refractivity contribution in [3.8, 4) is 0 Å². The number of hydrogen-bond acceptors (Lipinski definition) is 4. The zero-order valence-corrected chi connectivity index (χ0v) is 11.4. The molecule has 0 fully saturated rings. The predicted molar refractivity (Wildman–Crippen MR) is 73.8 cm³/mol. The molecule has 0 saturated carbocycles. The van der Waals surface area contributed by atoms with Crippen molar-refractivity contribution >= 4 is 5.84 Å². The van der Waals surface area contributed by atoms with Gasteiger partial charge in [0, 0.05) is 12.1 Å². The summed E-state index contributed by atoms with van der Waals surface area (Å²) in [6.07, 6.45) is 1.02. The van der Waals surface area contributed by atoms with Gasteiger partial charge in [-0.2, -0.15) is 0 Å². The predicted octanol–water partition coefficient (Wildman–Crippen LogP) is 0.962. The van der Waals surface area contributed by atoms with Gasteiger partial charge in [0.05, 0.1) is 0 Å². The zero-order valence-electron chi connectivity index (χ0n) is 11.4. The van der Waals surface area contributed by atoms with E-state index in [1.165, 1.54) is 12.1 Å². The molecule has 0 unspecified atom stereocenters. The van der Waals surface area contributed by atoms with Crippen LogP contribution in [0.25, 0.3) is 0 Å². The van der Waals surface area contributed by atoms with Crippen LogP contribution in [-0.2, 0) is 6.54 Å². The van der Waals surface area contributed by atoms with Crippen LogP contribution in [0.15, 0.2) is 23.4 Å². The van der Waals surface area contributed by atoms with Crippen molar-refractivity contribution in [2.45, 2.75) is 13.0 Å². The Labute approximate surface area is 112 Å². The highest BCUT2D eigenvalue weighted by Gasteiger charge is 2.04. The van der Waals surface area contributed by atoms with Gasteiger partial charge in [0.25, 0.3) is 0 Å². The van der Waals surface area contributed by atoms with Gasteiger partial charge in [-0.25, -0.2) is 4.39 Å². The van der Waals surface area contributed by atoms with Crippen molar-refractivity contribution in [1.29, 1.82) is 0 Å². The molecule has 0 heterocycles. The molecule has 1 rings (SSSR count). The number of nitrogens with one attached hydrogen (secondary N) is 1. The minimum Gasteiger partial charge on any atom is -0.409 e. The third-order valence-corrected chi connectivity index (χ3v) is 2.65. The first-order valence-electron chi connectivity index (χ1n) is 6.15. The summed E-state index contributed by atoms with van der Waals surface area (Å²) in [4.78, 5) is 2.11. The second-order valence-corrected chi connectivity index (χ2v) is 4.67. The van der Waals surface area contributed by atoms with Crippen LogP contribution >= 0.6 is 0 Å². The molecule has 0 aliphatic rings. The molecule has 0 amide bonds. The maximum absolute atomic E-state index is 13.4. The molecular weight excluding hydrogens is 247 g/mol. The molecule has 1 aromatic carbocycles. The summed E-state index contributed by atoms with van der Waals surface area (Å²) < 4.78 is 13.4. The molecule has 5 nitrogen and oxygen atoms in total. The van der Waals surface area contributed by atoms with Crippen LogP contribution in [0.3, 0.4) is 0 Å². The maximum Gasteiger partial charge on any atom is 0.170 e. The summed E-state index contributed by atoms with van der Waals surface area (Å²) in [6, 6.07) is 4.38. The smallest absolute Gasteiger partial charge is 0.170 e. The molecule has 4 N–H and O–H groups in total. The fourth-order valence-corrected chi connectivity index (χ4v) is 1.71. The Morgan fingerprint density at radius 1 is 1.42 bits per heavy atom. The number of nitrogens with zero attached hydrogens (tertiary/aromatic N) is 2. The summed E-state index contributed by atoms with van der Waals surface area (Å²) in [7, 11) is 4.05. The van der Waals surface area contributed by atoms with Gasteiger partial charge in [-0.3, -0.25) is 0 Å². The second-order valence-electron chi connectivity index (χ2n) is 4.67. The Kier molecular flexibility index (Phi) is 6.24. The van der Waals surface area contributed by atoms with Gasteiger partial charge in [0.15, 0.2) is 5.84 Å². The third kappa shape index (κ3) is 5.67. The minimum absolute atomic E-state index is 0.0895. The third-order valence-electron chi connectivity index (χ3n) is 2.65. The van der Waals surface area contributed by atoms with Crippen molar-refractivity contribution in [3.63, 3.8) is 0 Å². The second kappa shape index (κ2) is 7.70. The average molecular weight is 268 g/mol. The van der Waals surface area contributed by atoms with Crippen molar-refractivity contribution < 1.29 is 9.60 Å². The molecule has 1 aromatic rings. The van der Waals surface area contributed by atoms with Gasteiger partial charge in [-0.1, -0.05) is 5.16 Å². The number of hydrogen-bond donors (Lipinski definition) is 3. The van der Waals surface area contributed by atoms with Crippen LogP contribution in [0, 0.1) is 5.82 Å². The lowest BCUT2D eigenvalue weighted by Crippen LogP contribution is -2.21. The van der Waals surface area contributed by atoms with Gasteiger partial charge in [0.2, 0.25) is 0 Å². The molecule has 0 aromatic heterocycles. The van der Waals surface area contributed by atoms with E-state index in [0.29, 0.717) is 12.1 Å². The van der Waals surface area contributed by atoms with Crippen molar-refractivity contribution in [3.05, 3.63) is 35.1 Å². The molecule has 0 saturated heterocycles. The van der Waals surface area contributed by atoms with Gasteiger partial charge in [-0.05, 0) is 57.4 Å². The summed E-state index contributed by atoms with van der Waals surface area (Å²) in [5.41, 5.74) is 6.60. The normalized spacial score (nSPS) is 12.1. The average Bonchev–Trinajstić information content (AvgIpc) is 2.36. The molecule has 0 spiro atoms. The Balaban J connectivity index is 2.52. The number of amidine groups is 1. The lowest BCUT2D eigenvalue weighted by molar-refractivity contribution is 0.318. The summed E-state index contributed by atoms with van der Waals surface area (Å²) >= 11 is 0. The first kappa shape index (κ1) is 15.4. The maximum atomic E-state index is 13.4. The molecule has 0 aliphatic heterocycles. The van der Waals surface area contributed by atoms with Crippen LogP contribution in [0.5, 0.6) is 0 Å². The first-order chi connectivity index (χ1) is 9.02. The fraction of sp³-hybridized carbons (Fsp3) is 0.462. The topological polar surface area (TPSA) is 73.9 Å². The molecule has 106 valence electrons. The minimum atomic E-state index is -0.394. The highest BCUT2D eigenvalue weighted by molar-refractivity contribution is 5.97. The SMILES string of the molecule is CN(C)CCCNCc1cc(F)cc(/C(N)=N/O)c1. The summed E-state index contributed by atoms with van der Waals surface area (Å²) in [5.74, 6) is -0.484. The number of rotatable bonds is 7. The van der Waals surface area contributed by atoms with Crippen LogP contribution in [0.2, 0.25) is 0 Å². The number of benzene rings is 1. The van der Waals surface area contributed by atoms with E-state index < -0.39 is 5.82 Å². The highest BCUT2D eigenvalue weighted by Crippen LogP contribution is 2.09. The summed E-state index contributed by atoms with van der Waals surface area (Å²) in [5, 5.41) is 14.7. The van der Waals surface area contributed by atoms with E-state index in [4.69, 9.17) is 10.9 Å². The number of oxime groups is 1. The van der Waals surface area contributed by atoms with Gasteiger partial charge >= 0.3 is 0 Å². The molecule has 0 radical (unpaired) electrons. The molecule has 6 heteroatoms. The number of halogens is 1. The van der Waals surface area contributed by atoms with E-state index in [0.717, 1.165) is 25.1 Å². The molecule has 0 aliphatic carbocycles. The quantitative estimate of drug-likeness (QED) is 0.226. The van der Waals surface area contributed by atoms with E-state index in [1.54, 1.807) is 6.07 Å². The molecule has 19 heavy (non-hydrogen) atoms. The van der Waals surface area contributed by atoms with Crippen molar-refractivity contribution in [2.24, 2.45) is 10.9 Å². The lowest BCUT2D eigenvalue weighted by atomic mass is 10.1. The monoisotopic (exact) mass is 268 g/mol. The first-order valence-corrected chi connectivity index (χ1v) is 6.15. The van der Waals surface area contributed by atoms with Crippen LogP contribution in [0.4, 0.5) is 4.39 Å². The standard InChI is InChI=1S/C13H21FN4O/c1-18(2)5-3-4-16-9-10-6-11(13(15)17-19)8-12(14)7-10/h6-8,16,19H,3-5,9H2,1-2H3,(H2,15,17). The van der Waals surface area contributed by atoms with Crippen molar-refractivity contribution in [1.82, 2.24) is 10.2 Å². The van der Waals surface area contributed by atoms with Gasteiger partial charge < -0.3 is 21.2 Å². The van der Waals surface area contributed by atoms with Crippen molar-refractivity contribution in [2.75, 3.05) is 27.2 Å². The lowest BCUT2D eigenvalue weighted by Gasteiger charge is -2.10. The molecular formula is C13H21FN4O. The van der Waals surface area contributed by atoms with E-state index in [1.807, 2.05) is 14.1 Å². The Morgan fingerprint density at radius 2 is 2.16 bits per heavy atom. The summed E-state index contributed by atoms with van der Waals surface area (Å²) in [6.45, 7) is 2.41. The fourth-order valence-electron chi connectivity index (χ4n) is 1.71. The van der Waals surface area contributed by atoms with E-state index >= 15 is 0 Å².